The Morgan fingerprint density at radius 2 is 2.00 bits per heavy atom. The Morgan fingerprint density at radius 3 is 2.52 bits per heavy atom. The molecule has 4 heteroatoms. The standard InChI is InChI=1S/C17H28N2O2/c1-7-18-13(3)14-8-9-15(12(2)10-14)21-11-16(20)19-17(4,5)6/h8-10,13,18H,7,11H2,1-6H3,(H,19,20). The molecular formula is C17H28N2O2. The zero-order valence-corrected chi connectivity index (χ0v) is 14.0. The van der Waals surface area contributed by atoms with E-state index in [1.54, 1.807) is 0 Å². The topological polar surface area (TPSA) is 50.4 Å². The lowest BCUT2D eigenvalue weighted by Crippen LogP contribution is -2.43. The summed E-state index contributed by atoms with van der Waals surface area (Å²) in [5, 5.41) is 6.26. The van der Waals surface area contributed by atoms with Crippen LogP contribution in [0.3, 0.4) is 0 Å². The molecular weight excluding hydrogens is 264 g/mol. The molecule has 0 heterocycles. The highest BCUT2D eigenvalue weighted by atomic mass is 16.5. The van der Waals surface area contributed by atoms with E-state index in [4.69, 9.17) is 4.74 Å². The molecule has 0 aliphatic rings. The van der Waals surface area contributed by atoms with E-state index < -0.39 is 0 Å². The maximum absolute atomic E-state index is 11.8. The molecule has 2 N–H and O–H groups in total. The summed E-state index contributed by atoms with van der Waals surface area (Å²) in [6.07, 6.45) is 0. The Labute approximate surface area is 128 Å². The van der Waals surface area contributed by atoms with Gasteiger partial charge in [-0.15, -0.1) is 0 Å². The van der Waals surface area contributed by atoms with Crippen LogP contribution in [-0.2, 0) is 4.79 Å². The molecule has 1 atom stereocenters. The molecule has 1 aromatic carbocycles. The van der Waals surface area contributed by atoms with Gasteiger partial charge < -0.3 is 15.4 Å². The third-order valence-electron chi connectivity index (χ3n) is 3.08. The van der Waals surface area contributed by atoms with Gasteiger partial charge in [0.1, 0.15) is 5.75 Å². The zero-order valence-electron chi connectivity index (χ0n) is 14.0. The van der Waals surface area contributed by atoms with Crippen LogP contribution in [0.25, 0.3) is 0 Å². The van der Waals surface area contributed by atoms with Crippen LogP contribution in [0.1, 0.15) is 51.8 Å². The number of carbonyl (C=O) groups excluding carboxylic acids is 1. The van der Waals surface area contributed by atoms with Crippen LogP contribution in [-0.4, -0.2) is 24.6 Å². The first-order valence-corrected chi connectivity index (χ1v) is 7.50. The van der Waals surface area contributed by atoms with Gasteiger partial charge in [0.05, 0.1) is 0 Å². The van der Waals surface area contributed by atoms with Crippen molar-refractivity contribution in [2.45, 2.75) is 53.1 Å². The van der Waals surface area contributed by atoms with Crippen molar-refractivity contribution in [2.75, 3.05) is 13.2 Å². The van der Waals surface area contributed by atoms with E-state index >= 15 is 0 Å². The van der Waals surface area contributed by atoms with Gasteiger partial charge in [0.15, 0.2) is 6.61 Å². The minimum Gasteiger partial charge on any atom is -0.484 e. The first kappa shape index (κ1) is 17.5. The summed E-state index contributed by atoms with van der Waals surface area (Å²) < 4.78 is 5.61. The van der Waals surface area contributed by atoms with Gasteiger partial charge in [-0.05, 0) is 58.4 Å². The zero-order chi connectivity index (χ0) is 16.0. The fourth-order valence-electron chi connectivity index (χ4n) is 2.13. The molecule has 21 heavy (non-hydrogen) atoms. The number of amides is 1. The lowest BCUT2D eigenvalue weighted by Gasteiger charge is -2.21. The van der Waals surface area contributed by atoms with Crippen molar-refractivity contribution in [3.63, 3.8) is 0 Å². The van der Waals surface area contributed by atoms with Gasteiger partial charge in [-0.25, -0.2) is 0 Å². The molecule has 0 saturated heterocycles. The summed E-state index contributed by atoms with van der Waals surface area (Å²) in [7, 11) is 0. The molecule has 0 saturated carbocycles. The van der Waals surface area contributed by atoms with Crippen molar-refractivity contribution in [2.24, 2.45) is 0 Å². The number of hydrogen-bond donors (Lipinski definition) is 2. The molecule has 0 bridgehead atoms. The molecule has 1 amide bonds. The molecule has 118 valence electrons. The Hall–Kier alpha value is -1.55. The van der Waals surface area contributed by atoms with Gasteiger partial charge in [-0.3, -0.25) is 4.79 Å². The molecule has 0 aliphatic carbocycles. The molecule has 0 aromatic heterocycles. The van der Waals surface area contributed by atoms with Crippen molar-refractivity contribution >= 4 is 5.91 Å². The summed E-state index contributed by atoms with van der Waals surface area (Å²) in [6.45, 7) is 13.1. The number of ether oxygens (including phenoxy) is 1. The van der Waals surface area contributed by atoms with Crippen molar-refractivity contribution in [3.05, 3.63) is 29.3 Å². The Balaban J connectivity index is 2.63. The molecule has 0 radical (unpaired) electrons. The number of rotatable bonds is 6. The fraction of sp³-hybridized carbons (Fsp3) is 0.588. The third-order valence-corrected chi connectivity index (χ3v) is 3.08. The second kappa shape index (κ2) is 7.46. The maximum Gasteiger partial charge on any atom is 0.258 e. The lowest BCUT2D eigenvalue weighted by molar-refractivity contribution is -0.124. The Morgan fingerprint density at radius 1 is 1.33 bits per heavy atom. The first-order valence-electron chi connectivity index (χ1n) is 7.50. The Kier molecular flexibility index (Phi) is 6.21. The van der Waals surface area contributed by atoms with Crippen LogP contribution in [0.5, 0.6) is 5.75 Å². The predicted octanol–water partition coefficient (Wildman–Crippen LogP) is 2.96. The summed E-state index contributed by atoms with van der Waals surface area (Å²) >= 11 is 0. The quantitative estimate of drug-likeness (QED) is 0.847. The first-order chi connectivity index (χ1) is 9.73. The van der Waals surface area contributed by atoms with Gasteiger partial charge in [0.2, 0.25) is 0 Å². The second-order valence-corrected chi connectivity index (χ2v) is 6.39. The SMILES string of the molecule is CCNC(C)c1ccc(OCC(=O)NC(C)(C)C)c(C)c1. The van der Waals surface area contributed by atoms with Crippen LogP contribution in [0.15, 0.2) is 18.2 Å². The molecule has 0 fully saturated rings. The van der Waals surface area contributed by atoms with E-state index in [2.05, 4.69) is 30.5 Å². The minimum atomic E-state index is -0.236. The lowest BCUT2D eigenvalue weighted by atomic mass is 10.1. The summed E-state index contributed by atoms with van der Waals surface area (Å²) in [4.78, 5) is 11.8. The van der Waals surface area contributed by atoms with Gasteiger partial charge in [0.25, 0.3) is 5.91 Å². The monoisotopic (exact) mass is 292 g/mol. The van der Waals surface area contributed by atoms with Gasteiger partial charge >= 0.3 is 0 Å². The third kappa shape index (κ3) is 6.17. The van der Waals surface area contributed by atoms with E-state index in [0.717, 1.165) is 17.9 Å². The van der Waals surface area contributed by atoms with Gasteiger partial charge in [-0.2, -0.15) is 0 Å². The number of aryl methyl sites for hydroxylation is 1. The van der Waals surface area contributed by atoms with Crippen LogP contribution in [0.4, 0.5) is 0 Å². The average molecular weight is 292 g/mol. The summed E-state index contributed by atoms with van der Waals surface area (Å²) in [5.74, 6) is 0.651. The fourth-order valence-corrected chi connectivity index (χ4v) is 2.13. The number of nitrogens with one attached hydrogen (secondary N) is 2. The van der Waals surface area contributed by atoms with Crippen LogP contribution >= 0.6 is 0 Å². The van der Waals surface area contributed by atoms with E-state index in [9.17, 15) is 4.79 Å². The molecule has 0 aliphatic heterocycles. The molecule has 4 nitrogen and oxygen atoms in total. The van der Waals surface area contributed by atoms with Crippen LogP contribution < -0.4 is 15.4 Å². The van der Waals surface area contributed by atoms with Crippen LogP contribution in [0, 0.1) is 6.92 Å². The Bertz CT molecular complexity index is 478. The number of benzene rings is 1. The predicted molar refractivity (Wildman–Crippen MR) is 86.7 cm³/mol. The van der Waals surface area contributed by atoms with Gasteiger partial charge in [0, 0.05) is 11.6 Å². The minimum absolute atomic E-state index is 0.0419. The number of carbonyl (C=O) groups is 1. The largest absolute Gasteiger partial charge is 0.484 e. The van der Waals surface area contributed by atoms with Crippen LogP contribution in [0.2, 0.25) is 0 Å². The second-order valence-electron chi connectivity index (χ2n) is 6.39. The normalized spacial score (nSPS) is 12.9. The number of hydrogen-bond acceptors (Lipinski definition) is 3. The smallest absolute Gasteiger partial charge is 0.258 e. The molecule has 1 rings (SSSR count). The summed E-state index contributed by atoms with van der Waals surface area (Å²) in [6, 6.07) is 6.39. The summed E-state index contributed by atoms with van der Waals surface area (Å²) in [5.41, 5.74) is 2.03. The van der Waals surface area contributed by atoms with E-state index in [0.29, 0.717) is 6.04 Å². The highest BCUT2D eigenvalue weighted by Crippen LogP contribution is 2.22. The van der Waals surface area contributed by atoms with E-state index in [1.807, 2.05) is 39.8 Å². The molecule has 1 aromatic rings. The molecule has 0 spiro atoms. The average Bonchev–Trinajstić information content (AvgIpc) is 2.35. The maximum atomic E-state index is 11.8. The van der Waals surface area contributed by atoms with Crippen molar-refractivity contribution < 1.29 is 9.53 Å². The molecule has 1 unspecified atom stereocenters. The highest BCUT2D eigenvalue weighted by molar-refractivity contribution is 5.78. The van der Waals surface area contributed by atoms with E-state index in [-0.39, 0.29) is 18.1 Å². The van der Waals surface area contributed by atoms with Crippen molar-refractivity contribution in [1.82, 2.24) is 10.6 Å². The van der Waals surface area contributed by atoms with Crippen molar-refractivity contribution in [3.8, 4) is 5.75 Å². The highest BCUT2D eigenvalue weighted by Gasteiger charge is 2.14. The van der Waals surface area contributed by atoms with Crippen molar-refractivity contribution in [1.29, 1.82) is 0 Å². The van der Waals surface area contributed by atoms with E-state index in [1.165, 1.54) is 5.56 Å². The van der Waals surface area contributed by atoms with Gasteiger partial charge in [-0.1, -0.05) is 19.1 Å².